The Morgan fingerprint density at radius 1 is 1.43 bits per heavy atom. The quantitative estimate of drug-likeness (QED) is 0.647. The van der Waals surface area contributed by atoms with Gasteiger partial charge < -0.3 is 15.5 Å². The molecule has 1 atom stereocenters. The highest BCUT2D eigenvalue weighted by molar-refractivity contribution is 6.18. The van der Waals surface area contributed by atoms with Gasteiger partial charge in [0, 0.05) is 12.2 Å². The summed E-state index contributed by atoms with van der Waals surface area (Å²) in [5.74, 6) is 0.215. The van der Waals surface area contributed by atoms with Gasteiger partial charge >= 0.3 is 0 Å². The molecule has 0 aliphatic rings. The molecule has 1 aromatic carbocycles. The van der Waals surface area contributed by atoms with E-state index in [1.807, 2.05) is 24.3 Å². The molecule has 0 aromatic heterocycles. The summed E-state index contributed by atoms with van der Waals surface area (Å²) in [5.41, 5.74) is 1.72. The van der Waals surface area contributed by atoms with E-state index in [0.717, 1.165) is 11.3 Å². The van der Waals surface area contributed by atoms with Crippen LogP contribution in [0.4, 0.5) is 5.69 Å². The Bertz CT molecular complexity index is 281. The number of benzene rings is 1. The van der Waals surface area contributed by atoms with Gasteiger partial charge in [0.15, 0.2) is 0 Å². The lowest BCUT2D eigenvalue weighted by Crippen LogP contribution is -2.20. The average molecular weight is 216 g/mol. The van der Waals surface area contributed by atoms with Crippen LogP contribution in [0.2, 0.25) is 0 Å². The van der Waals surface area contributed by atoms with Crippen molar-refractivity contribution >= 4 is 17.3 Å². The Balaban J connectivity index is 2.50. The average Bonchev–Trinajstić information content (AvgIpc) is 2.26. The monoisotopic (exact) mass is 215 g/mol. The fourth-order valence-electron chi connectivity index (χ4n) is 1.07. The van der Waals surface area contributed by atoms with Crippen molar-refractivity contribution in [2.24, 2.45) is 0 Å². The lowest BCUT2D eigenvalue weighted by Gasteiger charge is -2.10. The molecule has 0 saturated carbocycles. The van der Waals surface area contributed by atoms with Gasteiger partial charge in [-0.1, -0.05) is 12.1 Å². The van der Waals surface area contributed by atoms with E-state index in [-0.39, 0.29) is 12.5 Å². The number of aliphatic hydroxyl groups is 2. The van der Waals surface area contributed by atoms with Crippen LogP contribution in [0.15, 0.2) is 24.3 Å². The SMILES string of the molecule is OCc1cccc(NCC(O)CCl)c1. The molecule has 0 spiro atoms. The van der Waals surface area contributed by atoms with Gasteiger partial charge in [-0.25, -0.2) is 0 Å². The summed E-state index contributed by atoms with van der Waals surface area (Å²) in [6.07, 6.45) is -0.547. The van der Waals surface area contributed by atoms with Crippen LogP contribution in [0.1, 0.15) is 5.56 Å². The van der Waals surface area contributed by atoms with E-state index in [1.54, 1.807) is 0 Å². The number of anilines is 1. The highest BCUT2D eigenvalue weighted by atomic mass is 35.5. The summed E-state index contributed by atoms with van der Waals surface area (Å²) in [5, 5.41) is 21.1. The van der Waals surface area contributed by atoms with Crippen molar-refractivity contribution in [2.75, 3.05) is 17.7 Å². The molecular formula is C10H14ClNO2. The highest BCUT2D eigenvalue weighted by Gasteiger charge is 2.01. The van der Waals surface area contributed by atoms with Gasteiger partial charge in [0.1, 0.15) is 0 Å². The Hall–Kier alpha value is -0.770. The van der Waals surface area contributed by atoms with E-state index in [0.29, 0.717) is 6.54 Å². The van der Waals surface area contributed by atoms with Crippen molar-refractivity contribution in [3.63, 3.8) is 0 Å². The summed E-state index contributed by atoms with van der Waals surface area (Å²) in [4.78, 5) is 0. The Morgan fingerprint density at radius 3 is 2.86 bits per heavy atom. The molecule has 0 aliphatic carbocycles. The highest BCUT2D eigenvalue weighted by Crippen LogP contribution is 2.10. The van der Waals surface area contributed by atoms with Gasteiger partial charge in [0.05, 0.1) is 18.6 Å². The fraction of sp³-hybridized carbons (Fsp3) is 0.400. The van der Waals surface area contributed by atoms with Gasteiger partial charge in [0.2, 0.25) is 0 Å². The zero-order valence-electron chi connectivity index (χ0n) is 7.78. The first-order valence-corrected chi connectivity index (χ1v) is 4.97. The molecule has 0 saturated heterocycles. The van der Waals surface area contributed by atoms with Gasteiger partial charge in [-0.05, 0) is 17.7 Å². The third-order valence-electron chi connectivity index (χ3n) is 1.83. The predicted molar refractivity (Wildman–Crippen MR) is 57.6 cm³/mol. The first kappa shape index (κ1) is 11.3. The predicted octanol–water partition coefficient (Wildman–Crippen LogP) is 1.19. The number of rotatable bonds is 5. The second-order valence-electron chi connectivity index (χ2n) is 3.05. The van der Waals surface area contributed by atoms with Crippen LogP contribution in [0.5, 0.6) is 0 Å². The molecule has 4 heteroatoms. The summed E-state index contributed by atoms with van der Waals surface area (Å²) < 4.78 is 0. The van der Waals surface area contributed by atoms with Crippen molar-refractivity contribution in [1.82, 2.24) is 0 Å². The van der Waals surface area contributed by atoms with Crippen LogP contribution in [0.25, 0.3) is 0 Å². The first-order valence-electron chi connectivity index (χ1n) is 4.44. The molecule has 0 heterocycles. The van der Waals surface area contributed by atoms with Crippen LogP contribution in [-0.4, -0.2) is 28.7 Å². The Morgan fingerprint density at radius 2 is 2.21 bits per heavy atom. The van der Waals surface area contributed by atoms with E-state index in [9.17, 15) is 5.11 Å². The van der Waals surface area contributed by atoms with E-state index < -0.39 is 6.10 Å². The molecular weight excluding hydrogens is 202 g/mol. The maximum atomic E-state index is 9.20. The van der Waals surface area contributed by atoms with Crippen molar-refractivity contribution in [3.05, 3.63) is 29.8 Å². The molecule has 1 aromatic rings. The number of hydrogen-bond donors (Lipinski definition) is 3. The lowest BCUT2D eigenvalue weighted by atomic mass is 10.2. The molecule has 1 unspecified atom stereocenters. The molecule has 1 rings (SSSR count). The minimum absolute atomic E-state index is 0.0214. The first-order chi connectivity index (χ1) is 6.76. The second kappa shape index (κ2) is 5.86. The molecule has 3 N–H and O–H groups in total. The molecule has 3 nitrogen and oxygen atoms in total. The summed E-state index contributed by atoms with van der Waals surface area (Å²) in [7, 11) is 0. The maximum Gasteiger partial charge on any atom is 0.0847 e. The summed E-state index contributed by atoms with van der Waals surface area (Å²) >= 11 is 5.45. The molecule has 0 fully saturated rings. The third-order valence-corrected chi connectivity index (χ3v) is 2.19. The molecule has 0 bridgehead atoms. The number of aliphatic hydroxyl groups excluding tert-OH is 2. The number of hydrogen-bond acceptors (Lipinski definition) is 3. The molecule has 0 aliphatic heterocycles. The van der Waals surface area contributed by atoms with E-state index >= 15 is 0 Å². The topological polar surface area (TPSA) is 52.5 Å². The van der Waals surface area contributed by atoms with Crippen LogP contribution in [-0.2, 0) is 6.61 Å². The van der Waals surface area contributed by atoms with Crippen molar-refractivity contribution < 1.29 is 10.2 Å². The number of nitrogens with one attached hydrogen (secondary N) is 1. The van der Waals surface area contributed by atoms with Crippen molar-refractivity contribution in [1.29, 1.82) is 0 Å². The van der Waals surface area contributed by atoms with Crippen LogP contribution < -0.4 is 5.32 Å². The molecule has 0 amide bonds. The largest absolute Gasteiger partial charge is 0.392 e. The van der Waals surface area contributed by atoms with Crippen molar-refractivity contribution in [3.8, 4) is 0 Å². The lowest BCUT2D eigenvalue weighted by molar-refractivity contribution is 0.211. The number of halogens is 1. The normalized spacial score (nSPS) is 12.5. The zero-order valence-corrected chi connectivity index (χ0v) is 8.54. The van der Waals surface area contributed by atoms with E-state index in [4.69, 9.17) is 16.7 Å². The maximum absolute atomic E-state index is 9.20. The summed E-state index contributed by atoms with van der Waals surface area (Å²) in [6, 6.07) is 7.39. The van der Waals surface area contributed by atoms with Gasteiger partial charge in [-0.15, -0.1) is 11.6 Å². The number of alkyl halides is 1. The van der Waals surface area contributed by atoms with Gasteiger partial charge in [-0.2, -0.15) is 0 Å². The third kappa shape index (κ3) is 3.54. The van der Waals surface area contributed by atoms with Gasteiger partial charge in [-0.3, -0.25) is 0 Å². The summed E-state index contributed by atoms with van der Waals surface area (Å²) in [6.45, 7) is 0.436. The fourth-order valence-corrected chi connectivity index (χ4v) is 1.18. The van der Waals surface area contributed by atoms with Crippen molar-refractivity contribution in [2.45, 2.75) is 12.7 Å². The minimum Gasteiger partial charge on any atom is -0.392 e. The second-order valence-corrected chi connectivity index (χ2v) is 3.36. The molecule has 0 radical (unpaired) electrons. The minimum atomic E-state index is -0.547. The zero-order chi connectivity index (χ0) is 10.4. The van der Waals surface area contributed by atoms with Crippen LogP contribution >= 0.6 is 11.6 Å². The Labute approximate surface area is 88.3 Å². The van der Waals surface area contributed by atoms with Gasteiger partial charge in [0.25, 0.3) is 0 Å². The van der Waals surface area contributed by atoms with Crippen LogP contribution in [0.3, 0.4) is 0 Å². The van der Waals surface area contributed by atoms with Crippen LogP contribution in [0, 0.1) is 0 Å². The molecule has 78 valence electrons. The van der Waals surface area contributed by atoms with E-state index in [1.165, 1.54) is 0 Å². The molecule has 14 heavy (non-hydrogen) atoms. The standard InChI is InChI=1S/C10H14ClNO2/c11-5-10(14)6-12-9-3-1-2-8(4-9)7-13/h1-4,10,12-14H,5-7H2. The smallest absolute Gasteiger partial charge is 0.0847 e. The van der Waals surface area contributed by atoms with E-state index in [2.05, 4.69) is 5.32 Å². The Kier molecular flexibility index (Phi) is 4.73.